The first-order valence-electron chi connectivity index (χ1n) is 11.9. The first kappa shape index (κ1) is 23.5. The van der Waals surface area contributed by atoms with E-state index in [0.717, 1.165) is 27.8 Å². The number of carbonyl (C=O) groups excluding carboxylic acids is 2. The number of ether oxygens (including phenoxy) is 2. The quantitative estimate of drug-likeness (QED) is 0.437. The van der Waals surface area contributed by atoms with Crippen LogP contribution in [0, 0.1) is 6.92 Å². The number of nitrogens with zero attached hydrogens (tertiary/aromatic N) is 2. The highest BCUT2D eigenvalue weighted by molar-refractivity contribution is 6.13. The van der Waals surface area contributed by atoms with Gasteiger partial charge in [0.25, 0.3) is 11.8 Å². The number of anilines is 1. The second-order valence-corrected chi connectivity index (χ2v) is 8.69. The lowest BCUT2D eigenvalue weighted by atomic mass is 10.0. The van der Waals surface area contributed by atoms with E-state index in [-0.39, 0.29) is 11.8 Å². The van der Waals surface area contributed by atoms with Crippen molar-refractivity contribution in [3.05, 3.63) is 89.5 Å². The van der Waals surface area contributed by atoms with E-state index < -0.39 is 0 Å². The molecule has 182 valence electrons. The summed E-state index contributed by atoms with van der Waals surface area (Å²) in [5.74, 6) is 0.417. The summed E-state index contributed by atoms with van der Waals surface area (Å²) in [5, 5.41) is 3.75. The minimum absolute atomic E-state index is 0.0684. The van der Waals surface area contributed by atoms with Gasteiger partial charge in [-0.05, 0) is 61.0 Å². The molecule has 2 heterocycles. The number of morpholine rings is 1. The molecule has 4 aromatic rings. The number of aryl methyl sites for hydroxylation is 1. The van der Waals surface area contributed by atoms with Crippen LogP contribution in [0.25, 0.3) is 22.2 Å². The average Bonchev–Trinajstić information content (AvgIpc) is 2.93. The van der Waals surface area contributed by atoms with Crippen LogP contribution in [-0.2, 0) is 4.74 Å². The lowest BCUT2D eigenvalue weighted by molar-refractivity contribution is 0.0303. The van der Waals surface area contributed by atoms with Gasteiger partial charge in [-0.2, -0.15) is 0 Å². The van der Waals surface area contributed by atoms with E-state index in [9.17, 15) is 9.59 Å². The van der Waals surface area contributed by atoms with Crippen LogP contribution in [0.3, 0.4) is 0 Å². The Bertz CT molecular complexity index is 1430. The molecule has 1 saturated heterocycles. The zero-order chi connectivity index (χ0) is 25.1. The number of nitrogens with one attached hydrogen (secondary N) is 1. The van der Waals surface area contributed by atoms with Gasteiger partial charge >= 0.3 is 0 Å². The molecule has 1 aliphatic heterocycles. The summed E-state index contributed by atoms with van der Waals surface area (Å²) < 4.78 is 10.6. The molecule has 0 radical (unpaired) electrons. The van der Waals surface area contributed by atoms with Gasteiger partial charge in [-0.1, -0.05) is 24.3 Å². The molecule has 0 atom stereocenters. The predicted molar refractivity (Wildman–Crippen MR) is 140 cm³/mol. The van der Waals surface area contributed by atoms with E-state index in [1.165, 1.54) is 0 Å². The van der Waals surface area contributed by atoms with Crippen molar-refractivity contribution < 1.29 is 19.1 Å². The van der Waals surface area contributed by atoms with Crippen LogP contribution in [0.4, 0.5) is 5.69 Å². The Labute approximate surface area is 209 Å². The first-order chi connectivity index (χ1) is 17.5. The normalized spacial score (nSPS) is 13.4. The summed E-state index contributed by atoms with van der Waals surface area (Å²) >= 11 is 0. The van der Waals surface area contributed by atoms with E-state index in [0.29, 0.717) is 48.8 Å². The standard InChI is InChI=1S/C29H27N3O4/c1-19-5-3-8-24-25(18-26(31-27(19)24)20-9-11-23(35-2)12-10-20)28(33)30-22-7-4-6-21(17-22)29(34)32-13-15-36-16-14-32/h3-12,17-18H,13-16H2,1-2H3,(H,30,33). The first-order valence-corrected chi connectivity index (χ1v) is 11.9. The lowest BCUT2D eigenvalue weighted by Gasteiger charge is -2.27. The van der Waals surface area contributed by atoms with E-state index in [4.69, 9.17) is 14.5 Å². The fourth-order valence-electron chi connectivity index (χ4n) is 4.37. The van der Waals surface area contributed by atoms with Gasteiger partial charge in [0.05, 0.1) is 37.1 Å². The number of carbonyl (C=O) groups is 2. The monoisotopic (exact) mass is 481 g/mol. The summed E-state index contributed by atoms with van der Waals surface area (Å²) in [4.78, 5) is 33.1. The van der Waals surface area contributed by atoms with Gasteiger partial charge in [-0.15, -0.1) is 0 Å². The Morgan fingerprint density at radius 3 is 2.47 bits per heavy atom. The molecule has 1 N–H and O–H groups in total. The lowest BCUT2D eigenvalue weighted by Crippen LogP contribution is -2.40. The van der Waals surface area contributed by atoms with Gasteiger partial charge < -0.3 is 19.7 Å². The van der Waals surface area contributed by atoms with Gasteiger partial charge in [0.2, 0.25) is 0 Å². The maximum Gasteiger partial charge on any atom is 0.256 e. The van der Waals surface area contributed by atoms with Crippen LogP contribution >= 0.6 is 0 Å². The number of aromatic nitrogens is 1. The maximum atomic E-state index is 13.5. The van der Waals surface area contributed by atoms with E-state index >= 15 is 0 Å². The van der Waals surface area contributed by atoms with Crippen molar-refractivity contribution in [3.8, 4) is 17.0 Å². The van der Waals surface area contributed by atoms with Crippen LogP contribution in [0.1, 0.15) is 26.3 Å². The predicted octanol–water partition coefficient (Wildman–Crippen LogP) is 4.94. The van der Waals surface area contributed by atoms with E-state index in [1.54, 1.807) is 36.3 Å². The van der Waals surface area contributed by atoms with Gasteiger partial charge in [0.1, 0.15) is 5.75 Å². The number of fused-ring (bicyclic) bond motifs is 1. The third kappa shape index (κ3) is 4.78. The molecule has 1 fully saturated rings. The third-order valence-corrected chi connectivity index (χ3v) is 6.34. The second-order valence-electron chi connectivity index (χ2n) is 8.69. The Morgan fingerprint density at radius 2 is 1.72 bits per heavy atom. The number of amides is 2. The minimum atomic E-state index is -0.265. The van der Waals surface area contributed by atoms with Gasteiger partial charge in [-0.25, -0.2) is 4.98 Å². The van der Waals surface area contributed by atoms with Crippen molar-refractivity contribution in [3.63, 3.8) is 0 Å². The van der Waals surface area contributed by atoms with Gasteiger partial charge in [0.15, 0.2) is 0 Å². The Hall–Kier alpha value is -4.23. The highest BCUT2D eigenvalue weighted by atomic mass is 16.5. The molecule has 5 rings (SSSR count). The number of rotatable bonds is 5. The fourth-order valence-corrected chi connectivity index (χ4v) is 4.37. The number of para-hydroxylation sites is 1. The highest BCUT2D eigenvalue weighted by Gasteiger charge is 2.20. The molecule has 7 nitrogen and oxygen atoms in total. The zero-order valence-corrected chi connectivity index (χ0v) is 20.3. The van der Waals surface area contributed by atoms with Crippen molar-refractivity contribution in [2.75, 3.05) is 38.7 Å². The minimum Gasteiger partial charge on any atom is -0.497 e. The topological polar surface area (TPSA) is 80.8 Å². The summed E-state index contributed by atoms with van der Waals surface area (Å²) in [5.41, 5.74) is 4.93. The number of pyridine rings is 1. The molecule has 3 aromatic carbocycles. The maximum absolute atomic E-state index is 13.5. The van der Waals surface area contributed by atoms with Crippen molar-refractivity contribution in [1.29, 1.82) is 0 Å². The van der Waals surface area contributed by atoms with Crippen molar-refractivity contribution in [2.24, 2.45) is 0 Å². The molecule has 1 aromatic heterocycles. The molecule has 1 aliphatic rings. The molecule has 0 spiro atoms. The van der Waals surface area contributed by atoms with Gasteiger partial charge in [0, 0.05) is 35.3 Å². The molecule has 7 heteroatoms. The van der Waals surface area contributed by atoms with Crippen LogP contribution in [0.15, 0.2) is 72.8 Å². The van der Waals surface area contributed by atoms with Crippen molar-refractivity contribution in [1.82, 2.24) is 9.88 Å². The van der Waals surface area contributed by atoms with Crippen molar-refractivity contribution in [2.45, 2.75) is 6.92 Å². The van der Waals surface area contributed by atoms with Gasteiger partial charge in [-0.3, -0.25) is 9.59 Å². The summed E-state index contributed by atoms with van der Waals surface area (Å²) in [6.45, 7) is 4.17. The largest absolute Gasteiger partial charge is 0.497 e. The van der Waals surface area contributed by atoms with Crippen LogP contribution in [-0.4, -0.2) is 55.1 Å². The number of methoxy groups -OCH3 is 1. The molecule has 2 amide bonds. The summed E-state index contributed by atoms with van der Waals surface area (Å²) in [6, 6.07) is 22.2. The van der Waals surface area contributed by atoms with Crippen LogP contribution < -0.4 is 10.1 Å². The van der Waals surface area contributed by atoms with E-state index in [1.807, 2.05) is 55.5 Å². The number of hydrogen-bond acceptors (Lipinski definition) is 5. The third-order valence-electron chi connectivity index (χ3n) is 6.34. The molecular formula is C29H27N3O4. The Balaban J connectivity index is 1.48. The second kappa shape index (κ2) is 10.2. The number of hydrogen-bond donors (Lipinski definition) is 1. The number of benzene rings is 3. The summed E-state index contributed by atoms with van der Waals surface area (Å²) in [7, 11) is 1.62. The summed E-state index contributed by atoms with van der Waals surface area (Å²) in [6.07, 6.45) is 0. The smallest absolute Gasteiger partial charge is 0.256 e. The molecule has 0 bridgehead atoms. The Kier molecular flexibility index (Phi) is 6.64. The molecule has 0 aliphatic carbocycles. The molecule has 0 saturated carbocycles. The molecule has 0 unspecified atom stereocenters. The van der Waals surface area contributed by atoms with Crippen LogP contribution in [0.5, 0.6) is 5.75 Å². The van der Waals surface area contributed by atoms with Crippen LogP contribution in [0.2, 0.25) is 0 Å². The highest BCUT2D eigenvalue weighted by Crippen LogP contribution is 2.28. The van der Waals surface area contributed by atoms with E-state index in [2.05, 4.69) is 5.32 Å². The molecular weight excluding hydrogens is 454 g/mol. The zero-order valence-electron chi connectivity index (χ0n) is 20.3. The SMILES string of the molecule is COc1ccc(-c2cc(C(=O)Nc3cccc(C(=O)N4CCOCC4)c3)c3cccc(C)c3n2)cc1. The average molecular weight is 482 g/mol. The fraction of sp³-hybridized carbons (Fsp3) is 0.207. The Morgan fingerprint density at radius 1 is 0.972 bits per heavy atom. The molecule has 36 heavy (non-hydrogen) atoms. The van der Waals surface area contributed by atoms with Crippen molar-refractivity contribution >= 4 is 28.4 Å².